The smallest absolute Gasteiger partial charge is 0.229 e. The van der Waals surface area contributed by atoms with Crippen LogP contribution in [-0.4, -0.2) is 15.9 Å². The van der Waals surface area contributed by atoms with Gasteiger partial charge in [-0.3, -0.25) is 4.79 Å². The van der Waals surface area contributed by atoms with Crippen LogP contribution in [0.25, 0.3) is 0 Å². The van der Waals surface area contributed by atoms with Crippen molar-refractivity contribution in [2.45, 2.75) is 58.3 Å². The summed E-state index contributed by atoms with van der Waals surface area (Å²) in [6, 6.07) is 0. The van der Waals surface area contributed by atoms with Crippen molar-refractivity contribution in [2.75, 3.05) is 0 Å². The van der Waals surface area contributed by atoms with Gasteiger partial charge >= 0.3 is 0 Å². The number of aromatic nitrogens is 2. The van der Waals surface area contributed by atoms with Gasteiger partial charge in [0.05, 0.1) is 0 Å². The van der Waals surface area contributed by atoms with Crippen LogP contribution in [-0.2, 0) is 11.2 Å². The largest absolute Gasteiger partial charge is 0.339 e. The molecule has 4 nitrogen and oxygen atoms in total. The lowest BCUT2D eigenvalue weighted by Crippen LogP contribution is -2.12. The topological polar surface area (TPSA) is 56.0 Å². The highest BCUT2D eigenvalue weighted by Gasteiger charge is 2.24. The minimum Gasteiger partial charge on any atom is -0.339 e. The summed E-state index contributed by atoms with van der Waals surface area (Å²) in [6.07, 6.45) is 5.02. The average molecular weight is 236 g/mol. The molecule has 0 N–H and O–H groups in total. The van der Waals surface area contributed by atoms with Crippen LogP contribution in [0.15, 0.2) is 4.52 Å². The van der Waals surface area contributed by atoms with E-state index in [1.54, 1.807) is 0 Å². The van der Waals surface area contributed by atoms with Crippen LogP contribution in [0.1, 0.15) is 63.6 Å². The van der Waals surface area contributed by atoms with Gasteiger partial charge in [0.15, 0.2) is 5.82 Å². The fourth-order valence-electron chi connectivity index (χ4n) is 2.14. The Balaban J connectivity index is 1.91. The highest BCUT2D eigenvalue weighted by Crippen LogP contribution is 2.30. The Labute approximate surface area is 102 Å². The molecule has 1 fully saturated rings. The van der Waals surface area contributed by atoms with Crippen molar-refractivity contribution in [3.05, 3.63) is 11.7 Å². The van der Waals surface area contributed by atoms with Gasteiger partial charge in [0.2, 0.25) is 5.89 Å². The number of hydrogen-bond acceptors (Lipinski definition) is 4. The van der Waals surface area contributed by atoms with Crippen molar-refractivity contribution in [2.24, 2.45) is 5.92 Å². The van der Waals surface area contributed by atoms with Crippen LogP contribution in [0.3, 0.4) is 0 Å². The van der Waals surface area contributed by atoms with Crippen LogP contribution < -0.4 is 0 Å². The van der Waals surface area contributed by atoms with Crippen LogP contribution in [0.2, 0.25) is 0 Å². The molecule has 0 amide bonds. The molecule has 94 valence electrons. The second kappa shape index (κ2) is 5.43. The Morgan fingerprint density at radius 2 is 2.06 bits per heavy atom. The minimum absolute atomic E-state index is 0.299. The lowest BCUT2D eigenvalue weighted by atomic mass is 9.88. The van der Waals surface area contributed by atoms with Gasteiger partial charge in [-0.05, 0) is 25.2 Å². The number of nitrogens with zero attached hydrogens (tertiary/aromatic N) is 2. The summed E-state index contributed by atoms with van der Waals surface area (Å²) < 4.78 is 5.30. The highest BCUT2D eigenvalue weighted by molar-refractivity contribution is 5.79. The molecule has 1 saturated carbocycles. The molecule has 0 saturated heterocycles. The fourth-order valence-corrected chi connectivity index (χ4v) is 2.14. The van der Waals surface area contributed by atoms with Gasteiger partial charge in [-0.2, -0.15) is 4.98 Å². The number of carbonyl (C=O) groups excluding carboxylic acids is 1. The highest BCUT2D eigenvalue weighted by atomic mass is 16.5. The Bertz CT molecular complexity index is 375. The Morgan fingerprint density at radius 1 is 1.35 bits per heavy atom. The zero-order valence-corrected chi connectivity index (χ0v) is 10.6. The van der Waals surface area contributed by atoms with Crippen LogP contribution in [0.5, 0.6) is 0 Å². The van der Waals surface area contributed by atoms with E-state index >= 15 is 0 Å². The molecule has 4 heteroatoms. The first-order valence-electron chi connectivity index (χ1n) is 6.49. The quantitative estimate of drug-likeness (QED) is 0.806. The minimum atomic E-state index is 0.299. The molecule has 1 aliphatic rings. The number of carbonyl (C=O) groups is 1. The second-order valence-electron chi connectivity index (χ2n) is 5.29. The molecule has 0 aromatic carbocycles. The van der Waals surface area contributed by atoms with Gasteiger partial charge in [0, 0.05) is 25.2 Å². The first-order chi connectivity index (χ1) is 8.15. The number of rotatable bonds is 4. The van der Waals surface area contributed by atoms with E-state index < -0.39 is 0 Å². The van der Waals surface area contributed by atoms with E-state index in [0.717, 1.165) is 37.4 Å². The van der Waals surface area contributed by atoms with Crippen LogP contribution in [0, 0.1) is 5.92 Å². The van der Waals surface area contributed by atoms with E-state index in [0.29, 0.717) is 30.5 Å². The molecule has 1 aromatic rings. The molecule has 0 spiro atoms. The molecule has 0 unspecified atom stereocenters. The average Bonchev–Trinajstić information content (AvgIpc) is 2.76. The van der Waals surface area contributed by atoms with Gasteiger partial charge < -0.3 is 4.52 Å². The maximum absolute atomic E-state index is 11.2. The molecule has 17 heavy (non-hydrogen) atoms. The number of aryl methyl sites for hydroxylation is 1. The summed E-state index contributed by atoms with van der Waals surface area (Å²) in [7, 11) is 0. The molecule has 0 radical (unpaired) electrons. The predicted octanol–water partition coefficient (Wildman–Crippen LogP) is 2.88. The van der Waals surface area contributed by atoms with E-state index in [1.807, 2.05) is 0 Å². The van der Waals surface area contributed by atoms with Crippen molar-refractivity contribution in [3.63, 3.8) is 0 Å². The molecule has 1 heterocycles. The third-order valence-corrected chi connectivity index (χ3v) is 3.32. The number of Topliss-reactive ketones (excluding diaryl/α,β-unsaturated/α-hetero) is 1. The maximum atomic E-state index is 11.2. The summed E-state index contributed by atoms with van der Waals surface area (Å²) in [6.45, 7) is 4.38. The Morgan fingerprint density at radius 3 is 2.71 bits per heavy atom. The van der Waals surface area contributed by atoms with Crippen molar-refractivity contribution in [1.29, 1.82) is 0 Å². The van der Waals surface area contributed by atoms with Crippen molar-refractivity contribution >= 4 is 5.78 Å². The second-order valence-corrected chi connectivity index (χ2v) is 5.29. The van der Waals surface area contributed by atoms with E-state index in [1.165, 1.54) is 0 Å². The fraction of sp³-hybridized carbons (Fsp3) is 0.769. The molecular weight excluding hydrogens is 216 g/mol. The molecule has 2 rings (SSSR count). The molecule has 0 aliphatic heterocycles. The van der Waals surface area contributed by atoms with Crippen LogP contribution >= 0.6 is 0 Å². The molecular formula is C13H20N2O2. The summed E-state index contributed by atoms with van der Waals surface area (Å²) in [5, 5.41) is 4.01. The lowest BCUT2D eigenvalue weighted by Gasteiger charge is -2.16. The third kappa shape index (κ3) is 3.38. The zero-order chi connectivity index (χ0) is 12.3. The number of hydrogen-bond donors (Lipinski definition) is 0. The molecule has 1 aliphatic carbocycles. The van der Waals surface area contributed by atoms with E-state index in [-0.39, 0.29) is 0 Å². The maximum Gasteiger partial charge on any atom is 0.229 e. The SMILES string of the molecule is CC(C)CCc1noc(C2CCC(=O)CC2)n1. The van der Waals surface area contributed by atoms with Crippen LogP contribution in [0.4, 0.5) is 0 Å². The monoisotopic (exact) mass is 236 g/mol. The van der Waals surface area contributed by atoms with Crippen molar-refractivity contribution in [3.8, 4) is 0 Å². The summed E-state index contributed by atoms with van der Waals surface area (Å²) in [5.74, 6) is 2.86. The molecule has 1 aromatic heterocycles. The molecule has 0 bridgehead atoms. The van der Waals surface area contributed by atoms with E-state index in [4.69, 9.17) is 4.52 Å². The van der Waals surface area contributed by atoms with E-state index in [9.17, 15) is 4.79 Å². The Kier molecular flexibility index (Phi) is 3.92. The zero-order valence-electron chi connectivity index (χ0n) is 10.6. The van der Waals surface area contributed by atoms with Gasteiger partial charge in [-0.15, -0.1) is 0 Å². The van der Waals surface area contributed by atoms with Gasteiger partial charge in [0.1, 0.15) is 5.78 Å². The first kappa shape index (κ1) is 12.3. The number of ketones is 1. The standard InChI is InChI=1S/C13H20N2O2/c1-9(2)3-8-12-14-13(17-15-12)10-4-6-11(16)7-5-10/h9-10H,3-8H2,1-2H3. The van der Waals surface area contributed by atoms with Gasteiger partial charge in [0.25, 0.3) is 0 Å². The molecule has 0 atom stereocenters. The lowest BCUT2D eigenvalue weighted by molar-refractivity contribution is -0.120. The normalized spacial score (nSPS) is 17.9. The summed E-state index contributed by atoms with van der Waals surface area (Å²) in [5.41, 5.74) is 0. The predicted molar refractivity (Wildman–Crippen MR) is 63.7 cm³/mol. The van der Waals surface area contributed by atoms with E-state index in [2.05, 4.69) is 24.0 Å². The first-order valence-corrected chi connectivity index (χ1v) is 6.49. The summed E-state index contributed by atoms with van der Waals surface area (Å²) in [4.78, 5) is 15.6. The van der Waals surface area contributed by atoms with Crippen molar-refractivity contribution in [1.82, 2.24) is 10.1 Å². The Hall–Kier alpha value is -1.19. The van der Waals surface area contributed by atoms with Gasteiger partial charge in [-0.25, -0.2) is 0 Å². The summed E-state index contributed by atoms with van der Waals surface area (Å²) >= 11 is 0. The van der Waals surface area contributed by atoms with Gasteiger partial charge in [-0.1, -0.05) is 19.0 Å². The third-order valence-electron chi connectivity index (χ3n) is 3.32. The van der Waals surface area contributed by atoms with Crippen molar-refractivity contribution < 1.29 is 9.32 Å².